The fraction of sp³-hybridized carbons (Fsp3) is 0.103. The van der Waals surface area contributed by atoms with E-state index in [0.29, 0.717) is 20.8 Å². The highest BCUT2D eigenvalue weighted by molar-refractivity contribution is 9.10. The van der Waals surface area contributed by atoms with Crippen LogP contribution in [0.15, 0.2) is 105 Å². The topological polar surface area (TPSA) is 83.4 Å². The molecule has 0 saturated heterocycles. The second-order valence-corrected chi connectivity index (χ2v) is 11.7. The van der Waals surface area contributed by atoms with Crippen LogP contribution in [-0.2, 0) is 15.3 Å². The Bertz CT molecular complexity index is 1550. The zero-order chi connectivity index (χ0) is 26.6. The number of carbonyl (C=O) groups is 2. The van der Waals surface area contributed by atoms with E-state index in [0.717, 1.165) is 15.6 Å². The third-order valence-electron chi connectivity index (χ3n) is 5.95. The quantitative estimate of drug-likeness (QED) is 0.131. The minimum Gasteiger partial charge on any atom is -0.503 e. The molecule has 1 amide bonds. The lowest BCUT2D eigenvalue weighted by Crippen LogP contribution is -2.30. The first kappa shape index (κ1) is 26.1. The summed E-state index contributed by atoms with van der Waals surface area (Å²) in [6.45, 7) is 2.04. The van der Waals surface area contributed by atoms with Gasteiger partial charge in [-0.15, -0.1) is 10.2 Å². The molecule has 1 atom stereocenters. The van der Waals surface area contributed by atoms with Crippen LogP contribution in [0, 0.1) is 6.92 Å². The molecule has 4 aromatic rings. The summed E-state index contributed by atoms with van der Waals surface area (Å²) in [6.07, 6.45) is 3.05. The molecule has 1 aromatic heterocycles. The van der Waals surface area contributed by atoms with Gasteiger partial charge in [-0.2, -0.15) is 0 Å². The van der Waals surface area contributed by atoms with Gasteiger partial charge in [0.1, 0.15) is 0 Å². The molecule has 2 heterocycles. The predicted molar refractivity (Wildman–Crippen MR) is 155 cm³/mol. The smallest absolute Gasteiger partial charge is 0.296 e. The Balaban J connectivity index is 1.45. The van der Waals surface area contributed by atoms with Gasteiger partial charge < -0.3 is 5.11 Å². The summed E-state index contributed by atoms with van der Waals surface area (Å²) in [7, 11) is 0. The SMILES string of the molecule is Cc1ccc(CSc2nnc(N3C(=O)C(O)=C(C(=O)/C=C/c4ccccc4)C3c3cccc(Br)c3)s2)cc1. The van der Waals surface area contributed by atoms with Crippen LogP contribution in [0.4, 0.5) is 5.13 Å². The van der Waals surface area contributed by atoms with Crippen LogP contribution in [0.3, 0.4) is 0 Å². The van der Waals surface area contributed by atoms with Crippen LogP contribution in [0.1, 0.15) is 28.3 Å². The minimum atomic E-state index is -0.851. The summed E-state index contributed by atoms with van der Waals surface area (Å²) in [5.41, 5.74) is 3.85. The Morgan fingerprint density at radius 2 is 1.84 bits per heavy atom. The van der Waals surface area contributed by atoms with E-state index in [9.17, 15) is 14.7 Å². The van der Waals surface area contributed by atoms with E-state index in [1.807, 2.05) is 61.5 Å². The number of hydrogen-bond acceptors (Lipinski definition) is 7. The zero-order valence-corrected chi connectivity index (χ0v) is 23.5. The van der Waals surface area contributed by atoms with Crippen LogP contribution in [0.2, 0.25) is 0 Å². The van der Waals surface area contributed by atoms with Crippen LogP contribution >= 0.6 is 39.0 Å². The molecule has 5 rings (SSSR count). The third kappa shape index (κ3) is 5.65. The number of ketones is 1. The van der Waals surface area contributed by atoms with Gasteiger partial charge in [0.2, 0.25) is 5.13 Å². The number of anilines is 1. The third-order valence-corrected chi connectivity index (χ3v) is 8.57. The number of aliphatic hydroxyl groups excluding tert-OH is 1. The Hall–Kier alpha value is -3.53. The predicted octanol–water partition coefficient (Wildman–Crippen LogP) is 7.08. The number of aliphatic hydroxyl groups is 1. The van der Waals surface area contributed by atoms with Gasteiger partial charge in [-0.25, -0.2) is 0 Å². The molecule has 0 radical (unpaired) electrons. The summed E-state index contributed by atoms with van der Waals surface area (Å²) in [5, 5.41) is 19.8. The highest BCUT2D eigenvalue weighted by Gasteiger charge is 2.45. The number of nitrogens with zero attached hydrogens (tertiary/aromatic N) is 3. The van der Waals surface area contributed by atoms with Gasteiger partial charge >= 0.3 is 0 Å². The molecule has 0 bridgehead atoms. The van der Waals surface area contributed by atoms with E-state index in [1.165, 1.54) is 39.6 Å². The standard InChI is InChI=1S/C29H22BrN3O3S2/c1-18-10-12-20(13-11-18)17-37-29-32-31-28(38-29)33-25(21-8-5-9-22(30)16-21)24(26(35)27(33)36)23(34)15-14-19-6-3-2-4-7-19/h2-16,25,35H,17H2,1H3/b15-14+. The van der Waals surface area contributed by atoms with Gasteiger partial charge in [0.25, 0.3) is 5.91 Å². The molecule has 9 heteroatoms. The van der Waals surface area contributed by atoms with Crippen molar-refractivity contribution < 1.29 is 14.7 Å². The molecule has 0 aliphatic carbocycles. The summed E-state index contributed by atoms with van der Waals surface area (Å²) in [6, 6.07) is 24.1. The van der Waals surface area contributed by atoms with Crippen molar-refractivity contribution in [1.82, 2.24) is 10.2 Å². The molecule has 1 unspecified atom stereocenters. The summed E-state index contributed by atoms with van der Waals surface area (Å²) in [4.78, 5) is 28.1. The van der Waals surface area contributed by atoms with Crippen molar-refractivity contribution in [2.45, 2.75) is 23.1 Å². The number of halogens is 1. The van der Waals surface area contributed by atoms with Crippen molar-refractivity contribution in [2.75, 3.05) is 4.90 Å². The zero-order valence-electron chi connectivity index (χ0n) is 20.2. The Labute approximate surface area is 236 Å². The first-order valence-corrected chi connectivity index (χ1v) is 14.3. The van der Waals surface area contributed by atoms with Crippen molar-refractivity contribution >= 4 is 61.9 Å². The first-order chi connectivity index (χ1) is 18.4. The van der Waals surface area contributed by atoms with Gasteiger partial charge in [-0.1, -0.05) is 117 Å². The Morgan fingerprint density at radius 1 is 1.08 bits per heavy atom. The second-order valence-electron chi connectivity index (χ2n) is 8.63. The summed E-state index contributed by atoms with van der Waals surface area (Å²) in [5.74, 6) is -1.01. The fourth-order valence-corrected chi connectivity index (χ4v) is 6.30. The number of rotatable bonds is 8. The van der Waals surface area contributed by atoms with Gasteiger partial charge in [0.15, 0.2) is 15.9 Å². The molecular formula is C29H22BrN3O3S2. The van der Waals surface area contributed by atoms with Gasteiger partial charge in [-0.3, -0.25) is 14.5 Å². The highest BCUT2D eigenvalue weighted by Crippen LogP contribution is 2.43. The largest absolute Gasteiger partial charge is 0.503 e. The van der Waals surface area contributed by atoms with Crippen molar-refractivity contribution in [1.29, 1.82) is 0 Å². The number of aromatic nitrogens is 2. The molecule has 1 N–H and O–H groups in total. The number of allylic oxidation sites excluding steroid dienone is 1. The molecule has 6 nitrogen and oxygen atoms in total. The number of hydrogen-bond donors (Lipinski definition) is 1. The van der Waals surface area contributed by atoms with Crippen LogP contribution in [-0.4, -0.2) is 27.0 Å². The van der Waals surface area contributed by atoms with E-state index in [4.69, 9.17) is 0 Å². The van der Waals surface area contributed by atoms with E-state index < -0.39 is 23.5 Å². The lowest BCUT2D eigenvalue weighted by molar-refractivity contribution is -0.117. The maximum Gasteiger partial charge on any atom is 0.296 e. The van der Waals surface area contributed by atoms with Crippen LogP contribution in [0.5, 0.6) is 0 Å². The molecule has 38 heavy (non-hydrogen) atoms. The number of amides is 1. The molecular weight excluding hydrogens is 582 g/mol. The molecule has 0 spiro atoms. The van der Waals surface area contributed by atoms with Gasteiger partial charge in [0, 0.05) is 10.2 Å². The fourth-order valence-electron chi connectivity index (χ4n) is 4.06. The number of thioether (sulfide) groups is 1. The van der Waals surface area contributed by atoms with Crippen molar-refractivity contribution in [3.05, 3.63) is 123 Å². The highest BCUT2D eigenvalue weighted by atomic mass is 79.9. The van der Waals surface area contributed by atoms with Crippen LogP contribution in [0.25, 0.3) is 6.08 Å². The molecule has 0 saturated carbocycles. The maximum absolute atomic E-state index is 13.4. The Morgan fingerprint density at radius 3 is 2.58 bits per heavy atom. The first-order valence-electron chi connectivity index (χ1n) is 11.7. The maximum atomic E-state index is 13.4. The molecule has 1 aliphatic heterocycles. The minimum absolute atomic E-state index is 0.00402. The number of aryl methyl sites for hydroxylation is 1. The number of carbonyl (C=O) groups excluding carboxylic acids is 2. The normalized spacial score (nSPS) is 15.6. The lowest BCUT2D eigenvalue weighted by Gasteiger charge is -2.23. The monoisotopic (exact) mass is 603 g/mol. The summed E-state index contributed by atoms with van der Waals surface area (Å²) >= 11 is 6.25. The van der Waals surface area contributed by atoms with Crippen LogP contribution < -0.4 is 4.90 Å². The number of benzene rings is 3. The van der Waals surface area contributed by atoms with E-state index in [-0.39, 0.29) is 5.57 Å². The van der Waals surface area contributed by atoms with Gasteiger partial charge in [0.05, 0.1) is 11.6 Å². The molecule has 0 fully saturated rings. The molecule has 3 aromatic carbocycles. The molecule has 1 aliphatic rings. The van der Waals surface area contributed by atoms with E-state index >= 15 is 0 Å². The van der Waals surface area contributed by atoms with E-state index in [1.54, 1.807) is 6.08 Å². The van der Waals surface area contributed by atoms with E-state index in [2.05, 4.69) is 50.4 Å². The van der Waals surface area contributed by atoms with Crippen molar-refractivity contribution in [3.63, 3.8) is 0 Å². The molecule has 190 valence electrons. The van der Waals surface area contributed by atoms with Gasteiger partial charge in [-0.05, 0) is 41.8 Å². The van der Waals surface area contributed by atoms with Crippen molar-refractivity contribution in [2.24, 2.45) is 0 Å². The average molecular weight is 605 g/mol. The second kappa shape index (κ2) is 11.5. The Kier molecular flexibility index (Phi) is 7.87. The van der Waals surface area contributed by atoms with Crippen molar-refractivity contribution in [3.8, 4) is 0 Å². The lowest BCUT2D eigenvalue weighted by atomic mass is 9.96. The summed E-state index contributed by atoms with van der Waals surface area (Å²) < 4.78 is 1.47. The average Bonchev–Trinajstić information content (AvgIpc) is 3.49.